The maximum Gasteiger partial charge on any atom is 0.178 e. The molecule has 1 N–H and O–H groups in total. The molecule has 0 spiro atoms. The van der Waals surface area contributed by atoms with E-state index < -0.39 is 0 Å². The second-order valence-corrected chi connectivity index (χ2v) is 6.79. The summed E-state index contributed by atoms with van der Waals surface area (Å²) in [6.45, 7) is 1.51. The number of ketones is 1. The van der Waals surface area contributed by atoms with Crippen molar-refractivity contribution in [3.05, 3.63) is 58.4 Å². The van der Waals surface area contributed by atoms with Gasteiger partial charge in [-0.25, -0.2) is 0 Å². The van der Waals surface area contributed by atoms with E-state index in [0.29, 0.717) is 12.6 Å². The number of thiophene rings is 1. The Hall–Kier alpha value is -1.91. The summed E-state index contributed by atoms with van der Waals surface area (Å²) in [6.07, 6.45) is 4.18. The highest BCUT2D eigenvalue weighted by Crippen LogP contribution is 2.34. The van der Waals surface area contributed by atoms with Gasteiger partial charge in [-0.1, -0.05) is 24.3 Å². The first-order valence-electron chi connectivity index (χ1n) is 7.70. The lowest BCUT2D eigenvalue weighted by molar-refractivity contribution is 0.0924. The lowest BCUT2D eigenvalue weighted by Crippen LogP contribution is -2.29. The Morgan fingerprint density at radius 1 is 1.27 bits per heavy atom. The zero-order chi connectivity index (χ0) is 14.9. The van der Waals surface area contributed by atoms with Crippen LogP contribution in [0.1, 0.15) is 34.1 Å². The number of benzene rings is 1. The number of Topliss-reactive ketones (excluding diaryl/α,β-unsaturated/α-hetero) is 1. The molecule has 22 heavy (non-hydrogen) atoms. The quantitative estimate of drug-likeness (QED) is 0.731. The number of fused-ring (bicyclic) bond motifs is 1. The third-order valence-electron chi connectivity index (χ3n) is 4.47. The Morgan fingerprint density at radius 3 is 3.05 bits per heavy atom. The molecule has 4 rings (SSSR count). The fourth-order valence-corrected chi connectivity index (χ4v) is 4.29. The van der Waals surface area contributed by atoms with Gasteiger partial charge >= 0.3 is 0 Å². The lowest BCUT2D eigenvalue weighted by Gasteiger charge is -2.22. The summed E-state index contributed by atoms with van der Waals surface area (Å²) in [5.41, 5.74) is 1.84. The van der Waals surface area contributed by atoms with Gasteiger partial charge in [0.15, 0.2) is 5.78 Å². The minimum atomic E-state index is 0.209. The van der Waals surface area contributed by atoms with Crippen molar-refractivity contribution in [3.8, 4) is 0 Å². The Balaban J connectivity index is 1.56. The molecule has 0 radical (unpaired) electrons. The number of aromatic amines is 1. The summed E-state index contributed by atoms with van der Waals surface area (Å²) >= 11 is 1.79. The third kappa shape index (κ3) is 2.38. The fraction of sp³-hybridized carbons (Fsp3) is 0.278. The number of carbonyl (C=O) groups is 1. The minimum absolute atomic E-state index is 0.209. The van der Waals surface area contributed by atoms with Crippen molar-refractivity contribution in [2.45, 2.75) is 18.9 Å². The molecule has 112 valence electrons. The van der Waals surface area contributed by atoms with E-state index in [9.17, 15) is 4.79 Å². The van der Waals surface area contributed by atoms with E-state index >= 15 is 0 Å². The Morgan fingerprint density at radius 2 is 2.18 bits per heavy atom. The third-order valence-corrected chi connectivity index (χ3v) is 5.45. The van der Waals surface area contributed by atoms with Crippen LogP contribution in [0, 0.1) is 0 Å². The van der Waals surface area contributed by atoms with Crippen molar-refractivity contribution in [2.75, 3.05) is 13.1 Å². The molecule has 2 aromatic heterocycles. The van der Waals surface area contributed by atoms with Crippen LogP contribution in [0.4, 0.5) is 0 Å². The van der Waals surface area contributed by atoms with Crippen molar-refractivity contribution >= 4 is 28.0 Å². The normalized spacial score (nSPS) is 19.0. The Bertz CT molecular complexity index is 790. The number of nitrogens with zero attached hydrogens (tertiary/aromatic N) is 1. The van der Waals surface area contributed by atoms with Gasteiger partial charge in [-0.2, -0.15) is 0 Å². The van der Waals surface area contributed by atoms with Crippen molar-refractivity contribution in [2.24, 2.45) is 0 Å². The predicted octanol–water partition coefficient (Wildman–Crippen LogP) is 4.25. The largest absolute Gasteiger partial charge is 0.360 e. The van der Waals surface area contributed by atoms with Gasteiger partial charge in [-0.05, 0) is 36.9 Å². The van der Waals surface area contributed by atoms with Crippen LogP contribution in [-0.4, -0.2) is 28.8 Å². The van der Waals surface area contributed by atoms with Crippen molar-refractivity contribution in [1.82, 2.24) is 9.88 Å². The van der Waals surface area contributed by atoms with Gasteiger partial charge in [0.05, 0.1) is 6.54 Å². The summed E-state index contributed by atoms with van der Waals surface area (Å²) in [5.74, 6) is 0.209. The summed E-state index contributed by atoms with van der Waals surface area (Å²) < 4.78 is 0. The molecule has 4 heteroatoms. The van der Waals surface area contributed by atoms with Gasteiger partial charge in [-0.3, -0.25) is 9.69 Å². The van der Waals surface area contributed by atoms with Crippen molar-refractivity contribution < 1.29 is 4.79 Å². The highest BCUT2D eigenvalue weighted by atomic mass is 32.1. The molecular weight excluding hydrogens is 292 g/mol. The van der Waals surface area contributed by atoms with Crippen LogP contribution in [0.5, 0.6) is 0 Å². The van der Waals surface area contributed by atoms with Crippen LogP contribution in [0.3, 0.4) is 0 Å². The number of rotatable bonds is 4. The van der Waals surface area contributed by atoms with E-state index in [1.54, 1.807) is 11.3 Å². The standard InChI is InChI=1S/C18H18N2OS/c21-17(14-11-19-15-6-2-1-5-13(14)15)12-20-9-3-7-16(20)18-8-4-10-22-18/h1-2,4-6,8,10-11,16,19H,3,7,9,12H2/t16-/m1/s1. The summed E-state index contributed by atoms with van der Waals surface area (Å²) in [4.78, 5) is 19.6. The Labute approximate surface area is 133 Å². The zero-order valence-electron chi connectivity index (χ0n) is 12.3. The van der Waals surface area contributed by atoms with Gasteiger partial charge < -0.3 is 4.98 Å². The van der Waals surface area contributed by atoms with Crippen LogP contribution >= 0.6 is 11.3 Å². The maximum atomic E-state index is 12.7. The number of H-pyrrole nitrogens is 1. The number of carbonyl (C=O) groups excluding carboxylic acids is 1. The first-order chi connectivity index (χ1) is 10.8. The number of hydrogen-bond acceptors (Lipinski definition) is 3. The predicted molar refractivity (Wildman–Crippen MR) is 90.5 cm³/mol. The zero-order valence-corrected chi connectivity index (χ0v) is 13.1. The smallest absolute Gasteiger partial charge is 0.178 e. The second kappa shape index (κ2) is 5.71. The van der Waals surface area contributed by atoms with Crippen molar-refractivity contribution in [1.29, 1.82) is 0 Å². The van der Waals surface area contributed by atoms with Crippen LogP contribution in [0.15, 0.2) is 48.0 Å². The van der Waals surface area contributed by atoms with Crippen LogP contribution in [0.2, 0.25) is 0 Å². The molecule has 1 saturated heterocycles. The molecule has 0 saturated carbocycles. The van der Waals surface area contributed by atoms with E-state index in [1.165, 1.54) is 11.3 Å². The molecule has 3 heterocycles. The van der Waals surface area contributed by atoms with Gasteiger partial charge in [0.25, 0.3) is 0 Å². The Kier molecular flexibility index (Phi) is 3.56. The first-order valence-corrected chi connectivity index (χ1v) is 8.57. The average molecular weight is 310 g/mol. The summed E-state index contributed by atoms with van der Waals surface area (Å²) in [6, 6.07) is 12.7. The second-order valence-electron chi connectivity index (χ2n) is 5.82. The molecule has 1 atom stereocenters. The molecule has 0 amide bonds. The van der Waals surface area contributed by atoms with E-state index in [0.717, 1.165) is 29.4 Å². The highest BCUT2D eigenvalue weighted by Gasteiger charge is 2.28. The molecule has 1 aliphatic heterocycles. The highest BCUT2D eigenvalue weighted by molar-refractivity contribution is 7.10. The first kappa shape index (κ1) is 13.7. The van der Waals surface area contributed by atoms with E-state index in [2.05, 4.69) is 27.4 Å². The number of para-hydroxylation sites is 1. The molecule has 3 aromatic rings. The molecule has 3 nitrogen and oxygen atoms in total. The van der Waals surface area contributed by atoms with E-state index in [4.69, 9.17) is 0 Å². The molecular formula is C18H18N2OS. The van der Waals surface area contributed by atoms with Crippen LogP contribution < -0.4 is 0 Å². The van der Waals surface area contributed by atoms with Gasteiger partial charge in [-0.15, -0.1) is 11.3 Å². The van der Waals surface area contributed by atoms with E-state index in [-0.39, 0.29) is 5.78 Å². The topological polar surface area (TPSA) is 36.1 Å². The monoisotopic (exact) mass is 310 g/mol. The minimum Gasteiger partial charge on any atom is -0.360 e. The summed E-state index contributed by atoms with van der Waals surface area (Å²) in [7, 11) is 0. The molecule has 0 unspecified atom stereocenters. The van der Waals surface area contributed by atoms with Gasteiger partial charge in [0.1, 0.15) is 0 Å². The number of likely N-dealkylation sites (tertiary alicyclic amines) is 1. The number of aromatic nitrogens is 1. The van der Waals surface area contributed by atoms with Crippen LogP contribution in [-0.2, 0) is 0 Å². The number of nitrogens with one attached hydrogen (secondary N) is 1. The van der Waals surface area contributed by atoms with E-state index in [1.807, 2.05) is 30.5 Å². The maximum absolute atomic E-state index is 12.7. The average Bonchev–Trinajstić information content (AvgIpc) is 3.27. The molecule has 1 aliphatic rings. The van der Waals surface area contributed by atoms with Crippen molar-refractivity contribution in [3.63, 3.8) is 0 Å². The molecule has 1 aromatic carbocycles. The SMILES string of the molecule is O=C(CN1CCC[C@@H]1c1cccs1)c1c[nH]c2ccccc12. The fourth-order valence-electron chi connectivity index (χ4n) is 3.39. The lowest BCUT2D eigenvalue weighted by atomic mass is 10.1. The molecule has 0 aliphatic carbocycles. The molecule has 0 bridgehead atoms. The summed E-state index contributed by atoms with van der Waals surface area (Å²) in [5, 5.41) is 3.15. The molecule has 1 fully saturated rings. The van der Waals surface area contributed by atoms with Crippen LogP contribution in [0.25, 0.3) is 10.9 Å². The van der Waals surface area contributed by atoms with Gasteiger partial charge in [0, 0.05) is 33.6 Å². The number of hydrogen-bond donors (Lipinski definition) is 1. The van der Waals surface area contributed by atoms with Gasteiger partial charge in [0.2, 0.25) is 0 Å².